The third-order valence-corrected chi connectivity index (χ3v) is 5.36. The molecule has 1 N–H and O–H groups in total. The van der Waals surface area contributed by atoms with Gasteiger partial charge in [0, 0.05) is 37.2 Å². The molecule has 0 aliphatic carbocycles. The van der Waals surface area contributed by atoms with Gasteiger partial charge in [0.25, 0.3) is 0 Å². The van der Waals surface area contributed by atoms with Gasteiger partial charge < -0.3 is 10.2 Å². The molecule has 0 spiro atoms. The molecule has 2 heterocycles. The molecule has 3 heteroatoms. The Labute approximate surface area is 111 Å². The number of piperidine rings is 1. The Morgan fingerprint density at radius 2 is 2.35 bits per heavy atom. The Morgan fingerprint density at radius 1 is 1.47 bits per heavy atom. The lowest BCUT2D eigenvalue weighted by Gasteiger charge is -2.43. The minimum Gasteiger partial charge on any atom is -0.316 e. The van der Waals surface area contributed by atoms with Crippen molar-refractivity contribution < 1.29 is 0 Å². The number of nitrogens with zero attached hydrogens (tertiary/aromatic N) is 1. The number of thioether (sulfide) groups is 1. The smallest absolute Gasteiger partial charge is 0.0147 e. The molecule has 2 saturated heterocycles. The molecule has 17 heavy (non-hydrogen) atoms. The number of hydrogen-bond acceptors (Lipinski definition) is 3. The van der Waals surface area contributed by atoms with E-state index in [1.165, 1.54) is 64.2 Å². The molecule has 0 radical (unpaired) electrons. The van der Waals surface area contributed by atoms with Crippen molar-refractivity contribution in [2.75, 3.05) is 38.5 Å². The topological polar surface area (TPSA) is 15.3 Å². The highest BCUT2D eigenvalue weighted by Gasteiger charge is 2.34. The van der Waals surface area contributed by atoms with E-state index in [9.17, 15) is 0 Å². The minimum absolute atomic E-state index is 0.578. The maximum atomic E-state index is 3.63. The summed E-state index contributed by atoms with van der Waals surface area (Å²) in [4.78, 5) is 2.73. The van der Waals surface area contributed by atoms with Gasteiger partial charge in [-0.3, -0.25) is 0 Å². The molecule has 0 bridgehead atoms. The van der Waals surface area contributed by atoms with E-state index in [1.807, 2.05) is 0 Å². The lowest BCUT2D eigenvalue weighted by molar-refractivity contribution is 0.109. The predicted octanol–water partition coefficient (Wildman–Crippen LogP) is 2.59. The first kappa shape index (κ1) is 13.7. The molecule has 2 aliphatic heterocycles. The van der Waals surface area contributed by atoms with Crippen molar-refractivity contribution in [1.29, 1.82) is 0 Å². The third-order valence-electron chi connectivity index (χ3n) is 4.23. The molecule has 0 aromatic heterocycles. The Hall–Kier alpha value is 0.270. The molecular weight excluding hydrogens is 228 g/mol. The first-order valence-electron chi connectivity index (χ1n) is 7.29. The molecule has 0 amide bonds. The Kier molecular flexibility index (Phi) is 5.19. The largest absolute Gasteiger partial charge is 0.316 e. The van der Waals surface area contributed by atoms with Crippen LogP contribution in [0.1, 0.15) is 39.5 Å². The Morgan fingerprint density at radius 3 is 3.00 bits per heavy atom. The van der Waals surface area contributed by atoms with Crippen LogP contribution in [0, 0.1) is 5.41 Å². The van der Waals surface area contributed by atoms with Crippen molar-refractivity contribution in [3.8, 4) is 0 Å². The molecule has 2 atom stereocenters. The van der Waals surface area contributed by atoms with Crippen molar-refractivity contribution in [2.24, 2.45) is 5.41 Å². The highest BCUT2D eigenvalue weighted by atomic mass is 32.2. The zero-order valence-corrected chi connectivity index (χ0v) is 12.3. The summed E-state index contributed by atoms with van der Waals surface area (Å²) in [5.41, 5.74) is 0.578. The van der Waals surface area contributed by atoms with Gasteiger partial charge in [-0.1, -0.05) is 20.3 Å². The first-order valence-corrected chi connectivity index (χ1v) is 8.34. The zero-order chi connectivity index (χ0) is 12.1. The van der Waals surface area contributed by atoms with E-state index >= 15 is 0 Å². The van der Waals surface area contributed by atoms with Gasteiger partial charge in [-0.25, -0.2) is 0 Å². The third kappa shape index (κ3) is 3.87. The second-order valence-corrected chi connectivity index (χ2v) is 7.49. The summed E-state index contributed by atoms with van der Waals surface area (Å²) in [6.07, 6.45) is 5.54. The predicted molar refractivity (Wildman–Crippen MR) is 77.8 cm³/mol. The molecule has 2 rings (SSSR count). The second-order valence-electron chi connectivity index (χ2n) is 5.95. The lowest BCUT2D eigenvalue weighted by atomic mass is 9.76. The van der Waals surface area contributed by atoms with Gasteiger partial charge in [-0.05, 0) is 31.2 Å². The molecule has 0 aromatic carbocycles. The fourth-order valence-electron chi connectivity index (χ4n) is 3.50. The highest BCUT2D eigenvalue weighted by Crippen LogP contribution is 2.33. The van der Waals surface area contributed by atoms with Crippen molar-refractivity contribution in [2.45, 2.75) is 44.8 Å². The van der Waals surface area contributed by atoms with Gasteiger partial charge in [0.05, 0.1) is 0 Å². The van der Waals surface area contributed by atoms with Gasteiger partial charge in [0.1, 0.15) is 0 Å². The van der Waals surface area contributed by atoms with Crippen molar-refractivity contribution >= 4 is 11.8 Å². The van der Waals surface area contributed by atoms with Crippen molar-refractivity contribution in [3.63, 3.8) is 0 Å². The summed E-state index contributed by atoms with van der Waals surface area (Å²) in [7, 11) is 0. The molecule has 2 unspecified atom stereocenters. The summed E-state index contributed by atoms with van der Waals surface area (Å²) in [5.74, 6) is 1.33. The number of rotatable bonds is 4. The highest BCUT2D eigenvalue weighted by molar-refractivity contribution is 7.99. The normalized spacial score (nSPS) is 36.0. The standard InChI is InChI=1S/C14H28N2S/c1-3-5-14(6-4-7-15-11-14)12-16-8-9-17-13(2)10-16/h13,15H,3-12H2,1-2H3. The quantitative estimate of drug-likeness (QED) is 0.832. The van der Waals surface area contributed by atoms with Crippen molar-refractivity contribution in [1.82, 2.24) is 10.2 Å². The van der Waals surface area contributed by atoms with Crippen LogP contribution in [0.4, 0.5) is 0 Å². The first-order chi connectivity index (χ1) is 8.24. The van der Waals surface area contributed by atoms with Gasteiger partial charge in [0.2, 0.25) is 0 Å². The summed E-state index contributed by atoms with van der Waals surface area (Å²) >= 11 is 2.14. The van der Waals surface area contributed by atoms with Crippen LogP contribution in [0.3, 0.4) is 0 Å². The molecule has 2 fully saturated rings. The minimum atomic E-state index is 0.578. The second kappa shape index (κ2) is 6.44. The lowest BCUT2D eigenvalue weighted by Crippen LogP contribution is -2.50. The van der Waals surface area contributed by atoms with Crippen LogP contribution in [0.2, 0.25) is 0 Å². The van der Waals surface area contributed by atoms with Crippen LogP contribution in [0.25, 0.3) is 0 Å². The van der Waals surface area contributed by atoms with E-state index in [2.05, 4.69) is 35.8 Å². The van der Waals surface area contributed by atoms with E-state index in [4.69, 9.17) is 0 Å². The Balaban J connectivity index is 1.91. The maximum Gasteiger partial charge on any atom is 0.0147 e. The van der Waals surface area contributed by atoms with Crippen LogP contribution in [-0.2, 0) is 0 Å². The fourth-order valence-corrected chi connectivity index (χ4v) is 4.58. The summed E-state index contributed by atoms with van der Waals surface area (Å²) in [6.45, 7) is 11.1. The summed E-state index contributed by atoms with van der Waals surface area (Å²) < 4.78 is 0. The van der Waals surface area contributed by atoms with Crippen LogP contribution in [-0.4, -0.2) is 48.6 Å². The molecule has 2 nitrogen and oxygen atoms in total. The van der Waals surface area contributed by atoms with E-state index in [0.717, 1.165) is 5.25 Å². The van der Waals surface area contributed by atoms with Crippen LogP contribution in [0.15, 0.2) is 0 Å². The van der Waals surface area contributed by atoms with E-state index in [-0.39, 0.29) is 0 Å². The van der Waals surface area contributed by atoms with E-state index < -0.39 is 0 Å². The van der Waals surface area contributed by atoms with Gasteiger partial charge in [-0.15, -0.1) is 0 Å². The van der Waals surface area contributed by atoms with Crippen molar-refractivity contribution in [3.05, 3.63) is 0 Å². The SMILES string of the molecule is CCCC1(CN2CCSC(C)C2)CCCNC1. The van der Waals surface area contributed by atoms with E-state index in [0.29, 0.717) is 5.41 Å². The molecule has 0 saturated carbocycles. The average Bonchev–Trinajstić information content (AvgIpc) is 2.30. The van der Waals surface area contributed by atoms with Gasteiger partial charge >= 0.3 is 0 Å². The van der Waals surface area contributed by atoms with Gasteiger partial charge in [-0.2, -0.15) is 11.8 Å². The molecule has 2 aliphatic rings. The monoisotopic (exact) mass is 256 g/mol. The van der Waals surface area contributed by atoms with Crippen LogP contribution >= 0.6 is 11.8 Å². The van der Waals surface area contributed by atoms with Crippen LogP contribution < -0.4 is 5.32 Å². The maximum absolute atomic E-state index is 3.63. The van der Waals surface area contributed by atoms with Gasteiger partial charge in [0.15, 0.2) is 0 Å². The molecular formula is C14H28N2S. The van der Waals surface area contributed by atoms with E-state index in [1.54, 1.807) is 0 Å². The summed E-state index contributed by atoms with van der Waals surface area (Å²) in [5, 5.41) is 4.46. The summed E-state index contributed by atoms with van der Waals surface area (Å²) in [6, 6.07) is 0. The molecule has 100 valence electrons. The Bertz CT molecular complexity index is 221. The van der Waals surface area contributed by atoms with Crippen LogP contribution in [0.5, 0.6) is 0 Å². The fraction of sp³-hybridized carbons (Fsp3) is 1.00. The number of hydrogen-bond donors (Lipinski definition) is 1. The number of nitrogens with one attached hydrogen (secondary N) is 1. The zero-order valence-electron chi connectivity index (χ0n) is 11.5. The molecule has 0 aromatic rings. The average molecular weight is 256 g/mol.